The highest BCUT2D eigenvalue weighted by Crippen LogP contribution is 2.53. The van der Waals surface area contributed by atoms with Crippen LogP contribution in [0.25, 0.3) is 11.0 Å². The summed E-state index contributed by atoms with van der Waals surface area (Å²) in [4.78, 5) is 84.5. The second-order valence-electron chi connectivity index (χ2n) is 20.1. The number of nitrogens with one attached hydrogen (secondary N) is 2. The summed E-state index contributed by atoms with van der Waals surface area (Å²) >= 11 is 12.9. The number of anilines is 1. The predicted molar refractivity (Wildman–Crippen MR) is 272 cm³/mol. The van der Waals surface area contributed by atoms with Gasteiger partial charge in [0.05, 0.1) is 33.5 Å². The predicted octanol–water partition coefficient (Wildman–Crippen LogP) is 8.58. The summed E-state index contributed by atoms with van der Waals surface area (Å²) in [6.45, 7) is 9.90. The van der Waals surface area contributed by atoms with E-state index in [-0.39, 0.29) is 72.6 Å². The van der Waals surface area contributed by atoms with Crippen molar-refractivity contribution >= 4 is 79.3 Å². The molecule has 2 N–H and O–H groups in total. The first-order valence-electron chi connectivity index (χ1n) is 23.9. The number of carbonyl (C=O) groups excluding carboxylic acids is 5. The largest absolute Gasteiger partial charge is 0.339 e. The summed E-state index contributed by atoms with van der Waals surface area (Å²) < 4.78 is 30.3. The van der Waals surface area contributed by atoms with Crippen molar-refractivity contribution < 1.29 is 32.4 Å². The highest BCUT2D eigenvalue weighted by Gasteiger charge is 2.53. The molecule has 5 aromatic rings. The number of aryl methyl sites for hydroxylation is 1. The molecule has 17 heteroatoms. The molecule has 1 unspecified atom stereocenters. The summed E-state index contributed by atoms with van der Waals surface area (Å²) in [5.74, 6) is -2.46. The molecule has 5 atom stereocenters. The maximum absolute atomic E-state index is 15.3. The van der Waals surface area contributed by atoms with Gasteiger partial charge in [-0.15, -0.1) is 0 Å². The van der Waals surface area contributed by atoms with Gasteiger partial charge in [-0.1, -0.05) is 74.3 Å². The highest BCUT2D eigenvalue weighted by molar-refractivity contribution is 7.92. The third-order valence-corrected chi connectivity index (χ3v) is 17.4. The van der Waals surface area contributed by atoms with Crippen LogP contribution in [0.15, 0.2) is 95.8 Å². The van der Waals surface area contributed by atoms with Crippen LogP contribution in [0, 0.1) is 11.3 Å². The molecule has 5 amide bonds. The van der Waals surface area contributed by atoms with Crippen molar-refractivity contribution in [1.82, 2.24) is 24.3 Å². The number of rotatable bonds is 13. The van der Waals surface area contributed by atoms with E-state index in [1.54, 1.807) is 75.2 Å². The molecule has 4 aromatic carbocycles. The number of imidazole rings is 1. The Bertz CT molecular complexity index is 3020. The molecule has 14 nitrogen and oxygen atoms in total. The van der Waals surface area contributed by atoms with E-state index in [0.29, 0.717) is 58.3 Å². The van der Waals surface area contributed by atoms with Crippen LogP contribution in [0.1, 0.15) is 124 Å². The van der Waals surface area contributed by atoms with Gasteiger partial charge in [0.1, 0.15) is 6.04 Å². The topological polar surface area (TPSA) is 177 Å². The molecule has 0 saturated carbocycles. The maximum Gasteiger partial charge on any atom is 0.329 e. The number of halogens is 2. The molecule has 3 aliphatic heterocycles. The monoisotopic (exact) mass is 1010 g/mol. The highest BCUT2D eigenvalue weighted by atomic mass is 35.5. The van der Waals surface area contributed by atoms with Crippen LogP contribution in [-0.2, 0) is 36.1 Å². The van der Waals surface area contributed by atoms with E-state index >= 15 is 4.79 Å². The van der Waals surface area contributed by atoms with Crippen LogP contribution in [0.2, 0.25) is 10.0 Å². The number of hydrogen-bond donors (Lipinski definition) is 2. The van der Waals surface area contributed by atoms with Gasteiger partial charge >= 0.3 is 5.69 Å². The number of amides is 5. The lowest BCUT2D eigenvalue weighted by Crippen LogP contribution is -2.59. The lowest BCUT2D eigenvalue weighted by molar-refractivity contribution is -0.157. The van der Waals surface area contributed by atoms with Crippen molar-refractivity contribution in [1.29, 1.82) is 0 Å². The van der Waals surface area contributed by atoms with Crippen LogP contribution in [-0.4, -0.2) is 87.0 Å². The molecule has 1 aromatic heterocycles. The van der Waals surface area contributed by atoms with Gasteiger partial charge in [-0.05, 0) is 129 Å². The van der Waals surface area contributed by atoms with Crippen LogP contribution < -0.4 is 16.3 Å². The summed E-state index contributed by atoms with van der Waals surface area (Å²) in [5.41, 5.74) is 3.31. The van der Waals surface area contributed by atoms with E-state index in [4.69, 9.17) is 23.2 Å². The molecule has 0 spiro atoms. The van der Waals surface area contributed by atoms with E-state index in [9.17, 15) is 32.4 Å². The second-order valence-corrected chi connectivity index (χ2v) is 23.6. The zero-order valence-electron chi connectivity index (χ0n) is 40.3. The second kappa shape index (κ2) is 20.2. The summed E-state index contributed by atoms with van der Waals surface area (Å²) in [5, 5.41) is 5.66. The van der Waals surface area contributed by atoms with Crippen molar-refractivity contribution in [3.63, 3.8) is 0 Å². The molecule has 70 heavy (non-hydrogen) atoms. The molecular formula is C53H60Cl2N6O8S. The van der Waals surface area contributed by atoms with Crippen LogP contribution in [0.5, 0.6) is 0 Å². The quantitative estimate of drug-likeness (QED) is 0.110. The third-order valence-electron chi connectivity index (χ3n) is 14.7. The molecule has 4 heterocycles. The molecule has 0 radical (unpaired) electrons. The van der Waals surface area contributed by atoms with E-state index in [2.05, 4.69) is 10.6 Å². The normalized spacial score (nSPS) is 21.9. The van der Waals surface area contributed by atoms with E-state index in [0.717, 1.165) is 16.7 Å². The Labute approximate surface area is 418 Å². The number of likely N-dealkylation sites (tertiary alicyclic amines) is 2. The van der Waals surface area contributed by atoms with Gasteiger partial charge in [-0.2, -0.15) is 0 Å². The van der Waals surface area contributed by atoms with E-state index in [1.165, 1.54) is 9.13 Å². The molecule has 0 aliphatic carbocycles. The number of fused-ring (bicyclic) bond motifs is 1. The summed E-state index contributed by atoms with van der Waals surface area (Å²) in [6.07, 6.45) is 1.89. The minimum atomic E-state index is -3.63. The molecule has 3 saturated heterocycles. The van der Waals surface area contributed by atoms with Crippen molar-refractivity contribution in [3.05, 3.63) is 134 Å². The summed E-state index contributed by atoms with van der Waals surface area (Å²) in [7, 11) is -1.96. The molecular weight excluding hydrogens is 952 g/mol. The van der Waals surface area contributed by atoms with Gasteiger partial charge in [0, 0.05) is 66.2 Å². The lowest BCUT2D eigenvalue weighted by Gasteiger charge is -2.53. The Hall–Kier alpha value is -5.77. The first-order valence-corrected chi connectivity index (χ1v) is 26.4. The molecule has 0 bridgehead atoms. The smallest absolute Gasteiger partial charge is 0.329 e. The third kappa shape index (κ3) is 10.2. The maximum atomic E-state index is 15.3. The number of carbonyl (C=O) groups is 5. The van der Waals surface area contributed by atoms with Crippen molar-refractivity contribution in [2.45, 2.75) is 108 Å². The fourth-order valence-electron chi connectivity index (χ4n) is 10.7. The van der Waals surface area contributed by atoms with Gasteiger partial charge in [-0.3, -0.25) is 38.4 Å². The Morgan fingerprint density at radius 1 is 0.814 bits per heavy atom. The van der Waals surface area contributed by atoms with Crippen molar-refractivity contribution in [3.8, 4) is 0 Å². The number of imide groups is 1. The molecule has 3 aliphatic rings. The standard InChI is InChI=1S/C53H60Cl2N6O8S/c1-31(2)45(30-70(68,69)32(3)4)61-48(34-10-15-38(54)16-11-34)41(37-8-7-9-39(55)26-37)28-53(5,51(61)66)29-47(63)56-40-17-12-35(13-18-40)50(65)59-24-22-33(23-25-59)36-14-19-42-44(27-36)58(6)52(67)60(42)43-20-21-46(62)57-49(43)64/h7-19,26-27,31-33,41,43,45,48H,20-25,28-30H2,1-6H3,(H,56,63)(H,57,62,64)/t41-,43?,45-,48-,53-/m1/s1. The average molecular weight is 1010 g/mol. The lowest BCUT2D eigenvalue weighted by atomic mass is 9.66. The van der Waals surface area contributed by atoms with E-state index < -0.39 is 50.4 Å². The van der Waals surface area contributed by atoms with Crippen molar-refractivity contribution in [2.75, 3.05) is 24.2 Å². The van der Waals surface area contributed by atoms with Gasteiger partial charge in [0.25, 0.3) is 5.91 Å². The number of sulfone groups is 1. The average Bonchev–Trinajstić information content (AvgIpc) is 3.56. The number of aromatic nitrogens is 2. The number of piperidine rings is 3. The number of benzene rings is 4. The molecule has 8 rings (SSSR count). The fraction of sp³-hybridized carbons (Fsp3) is 0.434. The Morgan fingerprint density at radius 3 is 2.11 bits per heavy atom. The SMILES string of the molecule is CC(C)[C@@H](CS(=O)(=O)C(C)C)N1C(=O)[C@@](C)(CC(=O)Nc2ccc(C(=O)N3CCC(c4ccc5c(c4)n(C)c(=O)n5C4CCC(=O)NC4=O)CC3)cc2)C[C@H](c2cccc(Cl)c2)[C@H]1c1ccc(Cl)cc1. The van der Waals surface area contributed by atoms with Gasteiger partial charge < -0.3 is 15.1 Å². The first kappa shape index (κ1) is 50.6. The van der Waals surface area contributed by atoms with Crippen LogP contribution in [0.3, 0.4) is 0 Å². The van der Waals surface area contributed by atoms with Crippen LogP contribution >= 0.6 is 23.2 Å². The first-order chi connectivity index (χ1) is 33.1. The fourth-order valence-corrected chi connectivity index (χ4v) is 12.4. The number of nitrogens with zero attached hydrogens (tertiary/aromatic N) is 4. The summed E-state index contributed by atoms with van der Waals surface area (Å²) in [6, 6.07) is 25.1. The zero-order chi connectivity index (χ0) is 50.4. The van der Waals surface area contributed by atoms with Gasteiger partial charge in [0.2, 0.25) is 23.6 Å². The van der Waals surface area contributed by atoms with Gasteiger partial charge in [-0.25, -0.2) is 13.2 Å². The Morgan fingerprint density at radius 2 is 1.49 bits per heavy atom. The van der Waals surface area contributed by atoms with Crippen LogP contribution in [0.4, 0.5) is 5.69 Å². The minimum Gasteiger partial charge on any atom is -0.339 e. The minimum absolute atomic E-state index is 0.138. The molecule has 370 valence electrons. The van der Waals surface area contributed by atoms with Gasteiger partial charge in [0.15, 0.2) is 9.84 Å². The number of hydrogen-bond acceptors (Lipinski definition) is 8. The van der Waals surface area contributed by atoms with Crippen molar-refractivity contribution in [2.24, 2.45) is 18.4 Å². The molecule has 3 fully saturated rings. The Kier molecular flexibility index (Phi) is 14.6. The zero-order valence-corrected chi connectivity index (χ0v) is 42.6. The van der Waals surface area contributed by atoms with E-state index in [1.807, 2.05) is 67.3 Å². The Balaban J connectivity index is 0.969.